The minimum absolute atomic E-state index is 0.589. The van der Waals surface area contributed by atoms with Crippen LogP contribution in [0.2, 0.25) is 0 Å². The molecule has 1 aliphatic heterocycles. The first-order chi connectivity index (χ1) is 7.33. The van der Waals surface area contributed by atoms with Gasteiger partial charge in [-0.15, -0.1) is 0 Å². The molecule has 1 saturated heterocycles. The van der Waals surface area contributed by atoms with Gasteiger partial charge >= 0.3 is 0 Å². The second kappa shape index (κ2) is 7.20. The number of methoxy groups -OCH3 is 1. The zero-order valence-electron chi connectivity index (χ0n) is 10.2. The summed E-state index contributed by atoms with van der Waals surface area (Å²) < 4.78 is 5.32. The van der Waals surface area contributed by atoms with Gasteiger partial charge in [-0.1, -0.05) is 6.92 Å². The van der Waals surface area contributed by atoms with E-state index in [-0.39, 0.29) is 0 Å². The summed E-state index contributed by atoms with van der Waals surface area (Å²) in [7, 11) is 1.80. The van der Waals surface area contributed by atoms with E-state index in [9.17, 15) is 0 Å². The highest BCUT2D eigenvalue weighted by atomic mass is 16.5. The fourth-order valence-electron chi connectivity index (χ4n) is 2.67. The minimum atomic E-state index is 0.589. The average molecular weight is 214 g/mol. The van der Waals surface area contributed by atoms with E-state index in [1.807, 2.05) is 0 Å². The maximum Gasteiger partial charge on any atom is 0.0618 e. The molecule has 1 rings (SSSR count). The molecule has 2 N–H and O–H groups in total. The van der Waals surface area contributed by atoms with Gasteiger partial charge in [0, 0.05) is 19.2 Å². The van der Waals surface area contributed by atoms with Crippen molar-refractivity contribution in [1.29, 1.82) is 0 Å². The Bertz CT molecular complexity index is 164. The first-order valence-corrected chi connectivity index (χ1v) is 6.28. The third-order valence-electron chi connectivity index (χ3n) is 3.46. The molecule has 90 valence electrons. The Labute approximate surface area is 94.0 Å². The molecule has 1 fully saturated rings. The molecule has 1 aliphatic rings. The van der Waals surface area contributed by atoms with E-state index in [4.69, 9.17) is 10.5 Å². The molecule has 0 aromatic rings. The van der Waals surface area contributed by atoms with Crippen LogP contribution in [0.15, 0.2) is 0 Å². The van der Waals surface area contributed by atoms with E-state index in [2.05, 4.69) is 11.8 Å². The number of ether oxygens (including phenoxy) is 1. The fraction of sp³-hybridized carbons (Fsp3) is 1.00. The van der Waals surface area contributed by atoms with Gasteiger partial charge in [0.15, 0.2) is 0 Å². The lowest BCUT2D eigenvalue weighted by atomic mass is 10.1. The van der Waals surface area contributed by atoms with E-state index in [1.54, 1.807) is 7.11 Å². The van der Waals surface area contributed by atoms with Gasteiger partial charge in [-0.3, -0.25) is 4.90 Å². The summed E-state index contributed by atoms with van der Waals surface area (Å²) in [5.41, 5.74) is 5.58. The first kappa shape index (κ1) is 12.9. The van der Waals surface area contributed by atoms with Crippen molar-refractivity contribution in [1.82, 2.24) is 4.90 Å². The second-order valence-corrected chi connectivity index (χ2v) is 4.48. The lowest BCUT2D eigenvalue weighted by molar-refractivity contribution is 0.0749. The van der Waals surface area contributed by atoms with Crippen molar-refractivity contribution in [2.75, 3.05) is 26.8 Å². The van der Waals surface area contributed by atoms with Crippen LogP contribution in [-0.2, 0) is 4.74 Å². The Kier molecular flexibility index (Phi) is 6.22. The molecule has 0 spiro atoms. The van der Waals surface area contributed by atoms with Crippen molar-refractivity contribution in [3.8, 4) is 0 Å². The predicted molar refractivity (Wildman–Crippen MR) is 64.0 cm³/mol. The highest BCUT2D eigenvalue weighted by Gasteiger charge is 2.28. The zero-order valence-corrected chi connectivity index (χ0v) is 10.2. The van der Waals surface area contributed by atoms with E-state index in [0.717, 1.165) is 25.6 Å². The van der Waals surface area contributed by atoms with Gasteiger partial charge in [0.05, 0.1) is 6.61 Å². The molecule has 0 aromatic carbocycles. The SMILES string of the molecule is CCC1CCCN1C(CCCN)COC. The third-order valence-corrected chi connectivity index (χ3v) is 3.46. The zero-order chi connectivity index (χ0) is 11.1. The quantitative estimate of drug-likeness (QED) is 0.700. The summed E-state index contributed by atoms with van der Waals surface area (Å²) in [6.07, 6.45) is 6.27. The molecule has 3 nitrogen and oxygen atoms in total. The molecule has 1 heterocycles. The number of nitrogens with two attached hydrogens (primary N) is 1. The molecule has 15 heavy (non-hydrogen) atoms. The highest BCUT2D eigenvalue weighted by molar-refractivity contribution is 4.84. The first-order valence-electron chi connectivity index (χ1n) is 6.28. The summed E-state index contributed by atoms with van der Waals surface area (Å²) in [6.45, 7) is 5.19. The van der Waals surface area contributed by atoms with Crippen molar-refractivity contribution in [2.24, 2.45) is 5.73 Å². The van der Waals surface area contributed by atoms with Crippen LogP contribution in [0.25, 0.3) is 0 Å². The van der Waals surface area contributed by atoms with Crippen molar-refractivity contribution < 1.29 is 4.74 Å². The summed E-state index contributed by atoms with van der Waals surface area (Å²) in [5, 5.41) is 0. The topological polar surface area (TPSA) is 38.5 Å². The van der Waals surface area contributed by atoms with Gasteiger partial charge in [0.1, 0.15) is 0 Å². The van der Waals surface area contributed by atoms with Gasteiger partial charge < -0.3 is 10.5 Å². The number of hydrogen-bond donors (Lipinski definition) is 1. The molecule has 2 atom stereocenters. The van der Waals surface area contributed by atoms with Crippen LogP contribution in [0.4, 0.5) is 0 Å². The number of hydrogen-bond acceptors (Lipinski definition) is 3. The van der Waals surface area contributed by atoms with E-state index >= 15 is 0 Å². The van der Waals surface area contributed by atoms with Crippen molar-refractivity contribution >= 4 is 0 Å². The van der Waals surface area contributed by atoms with Gasteiger partial charge in [0.25, 0.3) is 0 Å². The molecule has 0 bridgehead atoms. The van der Waals surface area contributed by atoms with Crippen LogP contribution in [0.1, 0.15) is 39.0 Å². The molecule has 3 heteroatoms. The minimum Gasteiger partial charge on any atom is -0.383 e. The van der Waals surface area contributed by atoms with Gasteiger partial charge in [-0.25, -0.2) is 0 Å². The van der Waals surface area contributed by atoms with Crippen molar-refractivity contribution in [2.45, 2.75) is 51.1 Å². The Morgan fingerprint density at radius 2 is 2.33 bits per heavy atom. The predicted octanol–water partition coefficient (Wildman–Crippen LogP) is 1.61. The van der Waals surface area contributed by atoms with Crippen LogP contribution in [0.5, 0.6) is 0 Å². The van der Waals surface area contributed by atoms with Crippen LogP contribution in [0.3, 0.4) is 0 Å². The molecule has 0 radical (unpaired) electrons. The monoisotopic (exact) mass is 214 g/mol. The standard InChI is InChI=1S/C12H26N2O/c1-3-11-7-5-9-14(11)12(10-15-2)6-4-8-13/h11-12H,3-10,13H2,1-2H3. The largest absolute Gasteiger partial charge is 0.383 e. The Morgan fingerprint density at radius 1 is 1.53 bits per heavy atom. The summed E-state index contributed by atoms with van der Waals surface area (Å²) in [5.74, 6) is 0. The Hall–Kier alpha value is -0.120. The number of rotatable bonds is 7. The Balaban J connectivity index is 2.45. The summed E-state index contributed by atoms with van der Waals surface area (Å²) in [6, 6.07) is 1.37. The second-order valence-electron chi connectivity index (χ2n) is 4.48. The molecule has 0 aromatic heterocycles. The van der Waals surface area contributed by atoms with E-state index in [1.165, 1.54) is 32.2 Å². The molecular weight excluding hydrogens is 188 g/mol. The number of nitrogens with zero attached hydrogens (tertiary/aromatic N) is 1. The van der Waals surface area contributed by atoms with Crippen molar-refractivity contribution in [3.63, 3.8) is 0 Å². The smallest absolute Gasteiger partial charge is 0.0618 e. The molecule has 2 unspecified atom stereocenters. The van der Waals surface area contributed by atoms with Crippen molar-refractivity contribution in [3.05, 3.63) is 0 Å². The molecule has 0 amide bonds. The highest BCUT2D eigenvalue weighted by Crippen LogP contribution is 2.24. The van der Waals surface area contributed by atoms with Gasteiger partial charge in [0.2, 0.25) is 0 Å². The van der Waals surface area contributed by atoms with Gasteiger partial charge in [-0.2, -0.15) is 0 Å². The van der Waals surface area contributed by atoms with Crippen LogP contribution in [-0.4, -0.2) is 43.8 Å². The summed E-state index contributed by atoms with van der Waals surface area (Å²) >= 11 is 0. The Morgan fingerprint density at radius 3 is 2.93 bits per heavy atom. The number of likely N-dealkylation sites (tertiary alicyclic amines) is 1. The average Bonchev–Trinajstić information content (AvgIpc) is 2.72. The summed E-state index contributed by atoms with van der Waals surface area (Å²) in [4.78, 5) is 2.64. The van der Waals surface area contributed by atoms with Gasteiger partial charge in [-0.05, 0) is 45.2 Å². The van der Waals surface area contributed by atoms with E-state index in [0.29, 0.717) is 6.04 Å². The van der Waals surface area contributed by atoms with Crippen LogP contribution < -0.4 is 5.73 Å². The lowest BCUT2D eigenvalue weighted by Crippen LogP contribution is -2.41. The third kappa shape index (κ3) is 3.74. The normalized spacial score (nSPS) is 24.6. The van der Waals surface area contributed by atoms with E-state index < -0.39 is 0 Å². The van der Waals surface area contributed by atoms with Crippen LogP contribution >= 0.6 is 0 Å². The lowest BCUT2D eigenvalue weighted by Gasteiger charge is -2.32. The fourth-order valence-corrected chi connectivity index (χ4v) is 2.67. The van der Waals surface area contributed by atoms with Crippen LogP contribution in [0, 0.1) is 0 Å². The molecule has 0 aliphatic carbocycles. The maximum atomic E-state index is 5.58. The molecular formula is C12H26N2O. The molecule has 0 saturated carbocycles. The maximum absolute atomic E-state index is 5.58.